The molecule has 2 aliphatic rings. The number of hydrogen-bond acceptors (Lipinski definition) is 2. The Morgan fingerprint density at radius 1 is 1.18 bits per heavy atom. The maximum atomic E-state index is 11.1. The average molecular weight is 306 g/mol. The van der Waals surface area contributed by atoms with E-state index in [1.807, 2.05) is 13.8 Å². The van der Waals surface area contributed by atoms with Crippen molar-refractivity contribution >= 4 is 6.29 Å². The zero-order valence-electron chi connectivity index (χ0n) is 15.1. The van der Waals surface area contributed by atoms with Crippen molar-refractivity contribution in [2.45, 2.75) is 85.2 Å². The smallest absolute Gasteiger partial charge is 0.142 e. The van der Waals surface area contributed by atoms with Crippen molar-refractivity contribution < 1.29 is 9.90 Å². The summed E-state index contributed by atoms with van der Waals surface area (Å²) in [6.45, 7) is 11.3. The Bertz CT molecular complexity index is 447. The van der Waals surface area contributed by atoms with Crippen LogP contribution in [0.4, 0.5) is 0 Å². The lowest BCUT2D eigenvalue weighted by atomic mass is 9.45. The average Bonchev–Trinajstić information content (AvgIpc) is 2.36. The molecule has 1 N–H and O–H groups in total. The van der Waals surface area contributed by atoms with Crippen LogP contribution >= 0.6 is 0 Å². The van der Waals surface area contributed by atoms with Crippen molar-refractivity contribution in [1.82, 2.24) is 0 Å². The number of aliphatic hydroxyl groups is 1. The molecule has 0 bridgehead atoms. The van der Waals surface area contributed by atoms with Crippen molar-refractivity contribution in [2.24, 2.45) is 22.7 Å². The van der Waals surface area contributed by atoms with Crippen molar-refractivity contribution in [3.63, 3.8) is 0 Å². The van der Waals surface area contributed by atoms with Crippen LogP contribution < -0.4 is 0 Å². The minimum absolute atomic E-state index is 0.227. The minimum Gasteiger partial charge on any atom is -0.390 e. The van der Waals surface area contributed by atoms with Gasteiger partial charge < -0.3 is 5.11 Å². The van der Waals surface area contributed by atoms with Crippen LogP contribution in [0.5, 0.6) is 0 Å². The summed E-state index contributed by atoms with van der Waals surface area (Å²) in [5.41, 5.74) is 1.17. The Hall–Kier alpha value is -0.630. The Morgan fingerprint density at radius 2 is 1.86 bits per heavy atom. The van der Waals surface area contributed by atoms with Crippen LogP contribution in [-0.2, 0) is 4.79 Å². The fourth-order valence-corrected chi connectivity index (χ4v) is 5.84. The zero-order chi connectivity index (χ0) is 16.6. The lowest BCUT2D eigenvalue weighted by molar-refractivity contribution is -0.168. The van der Waals surface area contributed by atoms with Gasteiger partial charge in [0.1, 0.15) is 6.29 Å². The van der Waals surface area contributed by atoms with Crippen molar-refractivity contribution in [1.29, 1.82) is 0 Å². The van der Waals surface area contributed by atoms with Crippen LogP contribution in [-0.4, -0.2) is 17.0 Å². The molecule has 0 radical (unpaired) electrons. The maximum absolute atomic E-state index is 11.1. The molecular formula is C20H34O2. The summed E-state index contributed by atoms with van der Waals surface area (Å²) in [6, 6.07) is 0. The van der Waals surface area contributed by atoms with E-state index in [2.05, 4.69) is 20.8 Å². The van der Waals surface area contributed by atoms with Gasteiger partial charge in [-0.1, -0.05) is 32.8 Å². The molecule has 0 aromatic rings. The Labute approximate surface area is 136 Å². The highest BCUT2D eigenvalue weighted by Crippen LogP contribution is 2.62. The number of hydrogen-bond donors (Lipinski definition) is 1. The molecule has 22 heavy (non-hydrogen) atoms. The minimum atomic E-state index is -0.569. The second-order valence-corrected chi connectivity index (χ2v) is 9.04. The third-order valence-electron chi connectivity index (χ3n) is 6.94. The predicted octanol–water partition coefficient (Wildman–Crippen LogP) is 4.91. The SMILES string of the molecule is C/C(=C/C=O)CC[C@@H]1[C@@]2(C)CCCC(C)(C)[C@@H]2CC[C@@]1(C)O. The number of carbonyl (C=O) groups is 1. The van der Waals surface area contributed by atoms with E-state index < -0.39 is 5.60 Å². The Morgan fingerprint density at radius 3 is 2.50 bits per heavy atom. The molecular weight excluding hydrogens is 272 g/mol. The van der Waals surface area contributed by atoms with E-state index in [-0.39, 0.29) is 5.41 Å². The Balaban J connectivity index is 2.26. The quantitative estimate of drug-likeness (QED) is 0.592. The van der Waals surface area contributed by atoms with Gasteiger partial charge in [0.15, 0.2) is 0 Å². The molecule has 0 saturated heterocycles. The van der Waals surface area contributed by atoms with Crippen molar-refractivity contribution in [3.8, 4) is 0 Å². The van der Waals surface area contributed by atoms with Gasteiger partial charge >= 0.3 is 0 Å². The first kappa shape index (κ1) is 17.7. The third-order valence-corrected chi connectivity index (χ3v) is 6.94. The number of carbonyl (C=O) groups excluding carboxylic acids is 1. The highest BCUT2D eigenvalue weighted by molar-refractivity contribution is 5.65. The van der Waals surface area contributed by atoms with Crippen LogP contribution in [0.25, 0.3) is 0 Å². The van der Waals surface area contributed by atoms with Crippen LogP contribution in [0.2, 0.25) is 0 Å². The highest BCUT2D eigenvalue weighted by Gasteiger charge is 2.57. The zero-order valence-corrected chi connectivity index (χ0v) is 15.1. The van der Waals surface area contributed by atoms with E-state index >= 15 is 0 Å². The summed E-state index contributed by atoms with van der Waals surface area (Å²) in [6.07, 6.45) is 10.3. The second kappa shape index (κ2) is 6.11. The van der Waals surface area contributed by atoms with Crippen LogP contribution in [0, 0.1) is 22.7 Å². The number of aldehydes is 1. The summed E-state index contributed by atoms with van der Waals surface area (Å²) in [5, 5.41) is 11.1. The second-order valence-electron chi connectivity index (χ2n) is 9.04. The van der Waals surface area contributed by atoms with Gasteiger partial charge in [0.05, 0.1) is 5.60 Å². The normalized spacial score (nSPS) is 41.8. The van der Waals surface area contributed by atoms with Gasteiger partial charge in [-0.3, -0.25) is 4.79 Å². The van der Waals surface area contributed by atoms with E-state index in [4.69, 9.17) is 0 Å². The van der Waals surface area contributed by atoms with Crippen molar-refractivity contribution in [3.05, 3.63) is 11.6 Å². The summed E-state index contributed by atoms with van der Waals surface area (Å²) in [5.74, 6) is 1.03. The fraction of sp³-hybridized carbons (Fsp3) is 0.850. The van der Waals surface area contributed by atoms with Gasteiger partial charge in [0.2, 0.25) is 0 Å². The first-order chi connectivity index (χ1) is 10.1. The molecule has 2 fully saturated rings. The maximum Gasteiger partial charge on any atom is 0.142 e. The lowest BCUT2D eigenvalue weighted by Crippen LogP contribution is -2.57. The predicted molar refractivity (Wildman–Crippen MR) is 91.6 cm³/mol. The van der Waals surface area contributed by atoms with E-state index in [0.717, 1.165) is 37.5 Å². The lowest BCUT2D eigenvalue weighted by Gasteiger charge is -2.61. The molecule has 126 valence electrons. The van der Waals surface area contributed by atoms with E-state index in [1.165, 1.54) is 19.3 Å². The molecule has 0 aliphatic heterocycles. The van der Waals surface area contributed by atoms with E-state index in [9.17, 15) is 9.90 Å². The molecule has 2 saturated carbocycles. The fourth-order valence-electron chi connectivity index (χ4n) is 5.84. The number of allylic oxidation sites excluding steroid dienone is 2. The largest absolute Gasteiger partial charge is 0.390 e. The summed E-state index contributed by atoms with van der Waals surface area (Å²) in [4.78, 5) is 10.6. The molecule has 2 aliphatic carbocycles. The summed E-state index contributed by atoms with van der Waals surface area (Å²) in [7, 11) is 0. The molecule has 0 unspecified atom stereocenters. The number of rotatable bonds is 4. The molecule has 0 spiro atoms. The van der Waals surface area contributed by atoms with Gasteiger partial charge in [0, 0.05) is 0 Å². The van der Waals surface area contributed by atoms with Gasteiger partial charge in [-0.05, 0) is 81.1 Å². The Kier molecular flexibility index (Phi) is 4.92. The first-order valence-electron chi connectivity index (χ1n) is 8.97. The van der Waals surface area contributed by atoms with Gasteiger partial charge in [0.25, 0.3) is 0 Å². The molecule has 2 rings (SSSR count). The van der Waals surface area contributed by atoms with Gasteiger partial charge in [-0.25, -0.2) is 0 Å². The van der Waals surface area contributed by atoms with Crippen LogP contribution in [0.1, 0.15) is 79.6 Å². The molecule has 0 aromatic heterocycles. The standard InChI is InChI=1S/C20H34O2/c1-15(10-14-21)7-8-17-19(4)12-6-11-18(2,3)16(19)9-13-20(17,5)22/h10,14,16-17,22H,6-9,11-13H2,1-5H3/b15-10-/t16-,17+,19-,20+/m0/s1. The third kappa shape index (κ3) is 3.18. The van der Waals surface area contributed by atoms with Gasteiger partial charge in [-0.2, -0.15) is 0 Å². The van der Waals surface area contributed by atoms with E-state index in [0.29, 0.717) is 17.3 Å². The molecule has 2 nitrogen and oxygen atoms in total. The monoisotopic (exact) mass is 306 g/mol. The highest BCUT2D eigenvalue weighted by atomic mass is 16.3. The molecule has 0 aromatic carbocycles. The van der Waals surface area contributed by atoms with Crippen molar-refractivity contribution in [2.75, 3.05) is 0 Å². The van der Waals surface area contributed by atoms with Gasteiger partial charge in [-0.15, -0.1) is 0 Å². The molecule has 4 atom stereocenters. The summed E-state index contributed by atoms with van der Waals surface area (Å²) >= 11 is 0. The first-order valence-corrected chi connectivity index (χ1v) is 8.97. The van der Waals surface area contributed by atoms with Crippen LogP contribution in [0.15, 0.2) is 11.6 Å². The summed E-state index contributed by atoms with van der Waals surface area (Å²) < 4.78 is 0. The number of fused-ring (bicyclic) bond motifs is 1. The molecule has 2 heteroatoms. The topological polar surface area (TPSA) is 37.3 Å². The van der Waals surface area contributed by atoms with E-state index in [1.54, 1.807) is 6.08 Å². The molecule has 0 amide bonds. The van der Waals surface area contributed by atoms with Crippen LogP contribution in [0.3, 0.4) is 0 Å². The molecule has 0 heterocycles.